The first-order valence-electron chi connectivity index (χ1n) is 8.96. The molecule has 2 N–H and O–H groups in total. The predicted molar refractivity (Wildman–Crippen MR) is 106 cm³/mol. The van der Waals surface area contributed by atoms with Gasteiger partial charge in [-0.25, -0.2) is 4.79 Å². The molecule has 1 aliphatic carbocycles. The van der Waals surface area contributed by atoms with Gasteiger partial charge in [0.25, 0.3) is 0 Å². The Kier molecular flexibility index (Phi) is 5.18. The number of urea groups is 1. The third-order valence-corrected chi connectivity index (χ3v) is 5.21. The van der Waals surface area contributed by atoms with Gasteiger partial charge in [-0.15, -0.1) is 0 Å². The Balaban J connectivity index is 1.97. The van der Waals surface area contributed by atoms with Crippen LogP contribution >= 0.6 is 0 Å². The van der Waals surface area contributed by atoms with Crippen molar-refractivity contribution < 1.29 is 9.53 Å². The Morgan fingerprint density at radius 3 is 2.59 bits per heavy atom. The molecule has 0 bridgehead atoms. The van der Waals surface area contributed by atoms with E-state index in [1.165, 1.54) is 0 Å². The maximum absolute atomic E-state index is 12.7. The molecular weight excluding hydrogens is 338 g/mol. The van der Waals surface area contributed by atoms with E-state index in [-0.39, 0.29) is 5.41 Å². The minimum Gasteiger partial charge on any atom is -0.495 e. The summed E-state index contributed by atoms with van der Waals surface area (Å²) in [6.07, 6.45) is 1.59. The van der Waals surface area contributed by atoms with Crippen LogP contribution in [-0.2, 0) is 6.42 Å². The normalized spacial score (nSPS) is 18.3. The number of fused-ring (bicyclic) bond motifs is 1. The topological polar surface area (TPSA) is 74.2 Å². The van der Waals surface area contributed by atoms with Gasteiger partial charge < -0.3 is 15.4 Å². The Bertz CT molecular complexity index is 943. The van der Waals surface area contributed by atoms with E-state index in [1.807, 2.05) is 30.3 Å². The minimum absolute atomic E-state index is 0.309. The first-order valence-corrected chi connectivity index (χ1v) is 8.96. The molecule has 27 heavy (non-hydrogen) atoms. The zero-order valence-electron chi connectivity index (χ0n) is 15.8. The fraction of sp³-hybridized carbons (Fsp3) is 0.273. The molecule has 0 aromatic heterocycles. The van der Waals surface area contributed by atoms with Crippen LogP contribution in [0.5, 0.6) is 5.75 Å². The molecule has 5 nitrogen and oxygen atoms in total. The zero-order valence-corrected chi connectivity index (χ0v) is 15.8. The summed E-state index contributed by atoms with van der Waals surface area (Å²) in [6, 6.07) is 17.0. The zero-order chi connectivity index (χ0) is 19.4. The number of hydrogen-bond acceptors (Lipinski definition) is 3. The van der Waals surface area contributed by atoms with Crippen molar-refractivity contribution in [1.82, 2.24) is 5.32 Å². The summed E-state index contributed by atoms with van der Waals surface area (Å²) < 4.78 is 5.28. The fourth-order valence-corrected chi connectivity index (χ4v) is 3.50. The largest absolute Gasteiger partial charge is 0.495 e. The Hall–Kier alpha value is -3.26. The summed E-state index contributed by atoms with van der Waals surface area (Å²) in [4.78, 5) is 12.7. The van der Waals surface area contributed by atoms with Crippen molar-refractivity contribution in [1.29, 1.82) is 5.26 Å². The van der Waals surface area contributed by atoms with E-state index in [9.17, 15) is 10.1 Å². The number of nitrogens with zero attached hydrogens (tertiary/aromatic N) is 1. The monoisotopic (exact) mass is 361 g/mol. The molecule has 0 saturated heterocycles. The number of nitriles is 1. The number of nitrogens with one attached hydrogen (secondary N) is 2. The highest BCUT2D eigenvalue weighted by molar-refractivity contribution is 5.98. The number of methoxy groups -OCH3 is 1. The van der Waals surface area contributed by atoms with Crippen LogP contribution in [0.2, 0.25) is 0 Å². The van der Waals surface area contributed by atoms with Crippen LogP contribution < -0.4 is 15.4 Å². The number of para-hydroxylation sites is 2. The third kappa shape index (κ3) is 3.52. The molecular formula is C22H23N3O2. The quantitative estimate of drug-likeness (QED) is 0.827. The highest BCUT2D eigenvalue weighted by Crippen LogP contribution is 2.43. The highest BCUT2D eigenvalue weighted by atomic mass is 16.5. The van der Waals surface area contributed by atoms with E-state index in [1.54, 1.807) is 19.2 Å². The minimum atomic E-state index is -0.405. The molecule has 3 rings (SSSR count). The molecule has 0 fully saturated rings. The van der Waals surface area contributed by atoms with Gasteiger partial charge in [0.2, 0.25) is 0 Å². The molecule has 0 spiro atoms. The predicted octanol–water partition coefficient (Wildman–Crippen LogP) is 4.72. The number of benzene rings is 2. The van der Waals surface area contributed by atoms with E-state index in [2.05, 4.69) is 36.6 Å². The van der Waals surface area contributed by atoms with Gasteiger partial charge in [-0.2, -0.15) is 5.26 Å². The van der Waals surface area contributed by atoms with Crippen LogP contribution in [0, 0.1) is 16.7 Å². The molecule has 5 heteroatoms. The van der Waals surface area contributed by atoms with Crippen molar-refractivity contribution in [2.75, 3.05) is 12.4 Å². The van der Waals surface area contributed by atoms with Gasteiger partial charge >= 0.3 is 6.03 Å². The van der Waals surface area contributed by atoms with Crippen LogP contribution in [0.1, 0.15) is 31.4 Å². The van der Waals surface area contributed by atoms with E-state index >= 15 is 0 Å². The molecule has 0 unspecified atom stereocenters. The Morgan fingerprint density at radius 2 is 1.89 bits per heavy atom. The van der Waals surface area contributed by atoms with E-state index in [0.29, 0.717) is 22.7 Å². The standard InChI is InChI=1S/C22H23N3O2/c1-4-22(2)13-15-9-5-6-10-16(15)20(17(22)14-23)25-21(26)24-18-11-7-8-12-19(18)27-3/h5-12H,4,13H2,1-3H3,(H2,24,25,26)/t22-/m0/s1. The van der Waals surface area contributed by atoms with Crippen LogP contribution in [0.25, 0.3) is 5.70 Å². The second kappa shape index (κ2) is 7.55. The number of hydrogen-bond donors (Lipinski definition) is 2. The summed E-state index contributed by atoms with van der Waals surface area (Å²) in [5.74, 6) is 0.574. The van der Waals surface area contributed by atoms with Gasteiger partial charge in [-0.05, 0) is 30.5 Å². The lowest BCUT2D eigenvalue weighted by Gasteiger charge is -2.35. The van der Waals surface area contributed by atoms with Crippen LogP contribution in [-0.4, -0.2) is 13.1 Å². The van der Waals surface area contributed by atoms with Gasteiger partial charge in [0.15, 0.2) is 0 Å². The van der Waals surface area contributed by atoms with Crippen molar-refractivity contribution in [2.45, 2.75) is 26.7 Å². The summed E-state index contributed by atoms with van der Waals surface area (Å²) in [5.41, 5.74) is 3.48. The van der Waals surface area contributed by atoms with Crippen LogP contribution in [0.4, 0.5) is 10.5 Å². The van der Waals surface area contributed by atoms with Crippen molar-refractivity contribution in [3.05, 3.63) is 65.2 Å². The number of carbonyl (C=O) groups excluding carboxylic acids is 1. The Morgan fingerprint density at radius 1 is 1.19 bits per heavy atom. The molecule has 138 valence electrons. The number of anilines is 1. The summed E-state index contributed by atoms with van der Waals surface area (Å²) in [7, 11) is 1.55. The summed E-state index contributed by atoms with van der Waals surface area (Å²) >= 11 is 0. The second-order valence-corrected chi connectivity index (χ2v) is 6.89. The molecule has 1 aliphatic rings. The Labute approximate surface area is 159 Å². The van der Waals surface area contributed by atoms with Gasteiger partial charge in [0, 0.05) is 11.0 Å². The lowest BCUT2D eigenvalue weighted by Crippen LogP contribution is -2.35. The first-order chi connectivity index (χ1) is 13.0. The molecule has 2 amide bonds. The van der Waals surface area contributed by atoms with Gasteiger partial charge in [-0.1, -0.05) is 50.2 Å². The molecule has 0 saturated carbocycles. The lowest BCUT2D eigenvalue weighted by molar-refractivity contribution is 0.255. The van der Waals surface area contributed by atoms with Gasteiger partial charge in [-0.3, -0.25) is 0 Å². The SMILES string of the molecule is CC[C@@]1(C)Cc2ccccc2C(NC(=O)Nc2ccccc2OC)=C1C#N. The summed E-state index contributed by atoms with van der Waals surface area (Å²) in [5, 5.41) is 15.6. The number of rotatable bonds is 4. The summed E-state index contributed by atoms with van der Waals surface area (Å²) in [6.45, 7) is 4.14. The van der Waals surface area contributed by atoms with Crippen LogP contribution in [0.15, 0.2) is 54.1 Å². The fourth-order valence-electron chi connectivity index (χ4n) is 3.50. The molecule has 0 aliphatic heterocycles. The average Bonchev–Trinajstić information content (AvgIpc) is 2.68. The molecule has 0 heterocycles. The second-order valence-electron chi connectivity index (χ2n) is 6.89. The van der Waals surface area contributed by atoms with Crippen molar-refractivity contribution in [2.24, 2.45) is 5.41 Å². The first kappa shape index (κ1) is 18.5. The van der Waals surface area contributed by atoms with Crippen molar-refractivity contribution >= 4 is 17.4 Å². The molecule has 0 radical (unpaired) electrons. The molecule has 2 aromatic rings. The van der Waals surface area contributed by atoms with Gasteiger partial charge in [0.1, 0.15) is 5.75 Å². The number of carbonyl (C=O) groups is 1. The molecule has 2 aromatic carbocycles. The van der Waals surface area contributed by atoms with Crippen LogP contribution in [0.3, 0.4) is 0 Å². The lowest BCUT2D eigenvalue weighted by atomic mass is 9.69. The number of amides is 2. The van der Waals surface area contributed by atoms with Crippen molar-refractivity contribution in [3.8, 4) is 11.8 Å². The average molecular weight is 361 g/mol. The van der Waals surface area contributed by atoms with E-state index in [0.717, 1.165) is 24.0 Å². The third-order valence-electron chi connectivity index (χ3n) is 5.21. The number of ether oxygens (including phenoxy) is 1. The molecule has 1 atom stereocenters. The highest BCUT2D eigenvalue weighted by Gasteiger charge is 2.36. The van der Waals surface area contributed by atoms with Crippen molar-refractivity contribution in [3.63, 3.8) is 0 Å². The maximum atomic E-state index is 12.7. The smallest absolute Gasteiger partial charge is 0.323 e. The van der Waals surface area contributed by atoms with E-state index in [4.69, 9.17) is 4.74 Å². The number of allylic oxidation sites excluding steroid dienone is 1. The van der Waals surface area contributed by atoms with Gasteiger partial charge in [0.05, 0.1) is 30.1 Å². The van der Waals surface area contributed by atoms with E-state index < -0.39 is 6.03 Å². The maximum Gasteiger partial charge on any atom is 0.323 e.